The fourth-order valence-electron chi connectivity index (χ4n) is 4.46. The van der Waals surface area contributed by atoms with E-state index in [2.05, 4.69) is 5.32 Å². The third-order valence-electron chi connectivity index (χ3n) is 6.14. The van der Waals surface area contributed by atoms with Crippen LogP contribution >= 0.6 is 0 Å². The van der Waals surface area contributed by atoms with Crippen molar-refractivity contribution in [3.8, 4) is 17.2 Å². The molecule has 2 aliphatic heterocycles. The number of carbonyl (C=O) groups excluding carboxylic acids is 1. The molecule has 2 aliphatic rings. The van der Waals surface area contributed by atoms with E-state index in [1.54, 1.807) is 0 Å². The molecule has 0 spiro atoms. The van der Waals surface area contributed by atoms with Crippen LogP contribution in [0.3, 0.4) is 0 Å². The highest BCUT2D eigenvalue weighted by atomic mass is 16.7. The van der Waals surface area contributed by atoms with Crippen LogP contribution in [-0.4, -0.2) is 32.5 Å². The van der Waals surface area contributed by atoms with Crippen LogP contribution in [0.2, 0.25) is 0 Å². The van der Waals surface area contributed by atoms with Crippen LogP contribution in [0.15, 0.2) is 54.6 Å². The Labute approximate surface area is 181 Å². The molecule has 1 N–H and O–H groups in total. The Morgan fingerprint density at radius 1 is 1.00 bits per heavy atom. The summed E-state index contributed by atoms with van der Waals surface area (Å²) in [5.41, 5.74) is 1.00. The first-order valence-electron chi connectivity index (χ1n) is 10.7. The van der Waals surface area contributed by atoms with Crippen LogP contribution in [0, 0.1) is 0 Å². The summed E-state index contributed by atoms with van der Waals surface area (Å²) in [7, 11) is 0. The highest BCUT2D eigenvalue weighted by molar-refractivity contribution is 6.07. The number of benzene rings is 3. The van der Waals surface area contributed by atoms with Crippen LogP contribution in [0.1, 0.15) is 25.3 Å². The Morgan fingerprint density at radius 2 is 1.77 bits per heavy atom. The molecule has 3 aromatic carbocycles. The van der Waals surface area contributed by atoms with E-state index in [9.17, 15) is 4.79 Å². The molecule has 1 fully saturated rings. The van der Waals surface area contributed by atoms with Gasteiger partial charge in [-0.3, -0.25) is 4.79 Å². The molecule has 5 rings (SSSR count). The highest BCUT2D eigenvalue weighted by Gasteiger charge is 2.42. The summed E-state index contributed by atoms with van der Waals surface area (Å²) >= 11 is 0. The molecule has 0 radical (unpaired) electrons. The Balaban J connectivity index is 1.52. The summed E-state index contributed by atoms with van der Waals surface area (Å²) < 4.78 is 22.4. The minimum atomic E-state index is -0.696. The Hall–Kier alpha value is -3.25. The van der Waals surface area contributed by atoms with Gasteiger partial charge in [0.1, 0.15) is 5.75 Å². The molecule has 1 amide bonds. The number of amides is 1. The van der Waals surface area contributed by atoms with Crippen molar-refractivity contribution in [2.45, 2.75) is 25.2 Å². The second kappa shape index (κ2) is 8.12. The largest absolute Gasteiger partial charge is 0.493 e. The number of hydrogen-bond donors (Lipinski definition) is 1. The summed E-state index contributed by atoms with van der Waals surface area (Å²) in [6.07, 6.45) is 1.21. The van der Waals surface area contributed by atoms with Gasteiger partial charge in [-0.05, 0) is 49.6 Å². The molecule has 2 heterocycles. The van der Waals surface area contributed by atoms with E-state index in [0.717, 1.165) is 27.8 Å². The Kier molecular flexibility index (Phi) is 5.16. The van der Waals surface area contributed by atoms with Gasteiger partial charge < -0.3 is 24.3 Å². The van der Waals surface area contributed by atoms with E-state index < -0.39 is 5.41 Å². The van der Waals surface area contributed by atoms with Gasteiger partial charge in [0.2, 0.25) is 12.7 Å². The van der Waals surface area contributed by atoms with Crippen molar-refractivity contribution in [2.75, 3.05) is 31.9 Å². The second-order valence-electron chi connectivity index (χ2n) is 7.81. The molecule has 6 heteroatoms. The van der Waals surface area contributed by atoms with Crippen LogP contribution < -0.4 is 19.5 Å². The molecule has 0 atom stereocenters. The zero-order valence-corrected chi connectivity index (χ0v) is 17.5. The van der Waals surface area contributed by atoms with Crippen molar-refractivity contribution in [3.05, 3.63) is 60.2 Å². The van der Waals surface area contributed by atoms with Gasteiger partial charge in [0.05, 0.1) is 12.0 Å². The third-order valence-corrected chi connectivity index (χ3v) is 6.14. The molecular formula is C25H25NO5. The number of carbonyl (C=O) groups is 1. The molecular weight excluding hydrogens is 394 g/mol. The minimum absolute atomic E-state index is 0.0380. The number of nitrogens with one attached hydrogen (secondary N) is 1. The number of anilines is 1. The number of rotatable bonds is 5. The fraction of sp³-hybridized carbons (Fsp3) is 0.320. The summed E-state index contributed by atoms with van der Waals surface area (Å²) in [6.45, 7) is 3.82. The van der Waals surface area contributed by atoms with E-state index in [-0.39, 0.29) is 12.7 Å². The van der Waals surface area contributed by atoms with Gasteiger partial charge in [0, 0.05) is 29.7 Å². The lowest BCUT2D eigenvalue weighted by molar-refractivity contribution is -0.125. The van der Waals surface area contributed by atoms with E-state index >= 15 is 0 Å². The lowest BCUT2D eigenvalue weighted by Crippen LogP contribution is -2.44. The zero-order chi connectivity index (χ0) is 21.3. The monoisotopic (exact) mass is 419 g/mol. The molecule has 0 bridgehead atoms. The van der Waals surface area contributed by atoms with E-state index in [4.69, 9.17) is 18.9 Å². The first-order chi connectivity index (χ1) is 15.2. The van der Waals surface area contributed by atoms with Gasteiger partial charge in [0.15, 0.2) is 11.5 Å². The Bertz CT molecular complexity index is 1120. The zero-order valence-electron chi connectivity index (χ0n) is 17.5. The quantitative estimate of drug-likeness (QED) is 0.652. The van der Waals surface area contributed by atoms with Crippen molar-refractivity contribution < 1.29 is 23.7 Å². The van der Waals surface area contributed by atoms with Crippen molar-refractivity contribution in [2.24, 2.45) is 0 Å². The minimum Gasteiger partial charge on any atom is -0.493 e. The average Bonchev–Trinajstić information content (AvgIpc) is 3.29. The lowest BCUT2D eigenvalue weighted by Gasteiger charge is -2.36. The van der Waals surface area contributed by atoms with Gasteiger partial charge >= 0.3 is 0 Å². The van der Waals surface area contributed by atoms with Gasteiger partial charge in [0.25, 0.3) is 0 Å². The SMILES string of the molecule is CCOc1ccc(NC(=O)C2(c3ccc4c(c3)OCO4)CCOCC2)c2ccccc12. The van der Waals surface area contributed by atoms with Crippen molar-refractivity contribution in [1.29, 1.82) is 0 Å². The molecule has 0 aliphatic carbocycles. The molecule has 6 nitrogen and oxygen atoms in total. The van der Waals surface area contributed by atoms with Gasteiger partial charge in [-0.15, -0.1) is 0 Å². The van der Waals surface area contributed by atoms with Crippen molar-refractivity contribution in [3.63, 3.8) is 0 Å². The first kappa shape index (κ1) is 19.7. The highest BCUT2D eigenvalue weighted by Crippen LogP contribution is 2.42. The lowest BCUT2D eigenvalue weighted by atomic mass is 9.73. The predicted molar refractivity (Wildman–Crippen MR) is 118 cm³/mol. The van der Waals surface area contributed by atoms with Crippen LogP contribution in [0.4, 0.5) is 5.69 Å². The Morgan fingerprint density at radius 3 is 2.58 bits per heavy atom. The smallest absolute Gasteiger partial charge is 0.235 e. The van der Waals surface area contributed by atoms with E-state index in [0.29, 0.717) is 44.2 Å². The summed E-state index contributed by atoms with van der Waals surface area (Å²) in [5, 5.41) is 5.14. The van der Waals surface area contributed by atoms with Crippen molar-refractivity contribution in [1.82, 2.24) is 0 Å². The molecule has 3 aromatic rings. The second-order valence-corrected chi connectivity index (χ2v) is 7.81. The molecule has 0 unspecified atom stereocenters. The normalized spacial score (nSPS) is 16.8. The molecule has 0 aromatic heterocycles. The molecule has 1 saturated heterocycles. The molecule has 31 heavy (non-hydrogen) atoms. The molecule has 160 valence electrons. The van der Waals surface area contributed by atoms with E-state index in [1.165, 1.54) is 0 Å². The average molecular weight is 419 g/mol. The standard InChI is InChI=1S/C25H25NO5/c1-2-29-21-10-8-20(18-5-3-4-6-19(18)21)26-24(27)25(11-13-28-14-12-25)17-7-9-22-23(15-17)31-16-30-22/h3-10,15H,2,11-14,16H2,1H3,(H,26,27). The number of ether oxygens (including phenoxy) is 4. The topological polar surface area (TPSA) is 66.0 Å². The first-order valence-corrected chi connectivity index (χ1v) is 10.7. The van der Waals surface area contributed by atoms with Crippen molar-refractivity contribution >= 4 is 22.4 Å². The number of fused-ring (bicyclic) bond motifs is 2. The maximum atomic E-state index is 13.8. The van der Waals surface area contributed by atoms with Crippen LogP contribution in [0.5, 0.6) is 17.2 Å². The van der Waals surface area contributed by atoms with E-state index in [1.807, 2.05) is 61.5 Å². The molecule has 0 saturated carbocycles. The fourth-order valence-corrected chi connectivity index (χ4v) is 4.46. The maximum Gasteiger partial charge on any atom is 0.235 e. The predicted octanol–water partition coefficient (Wildman–Crippen LogP) is 4.65. The van der Waals surface area contributed by atoms with Crippen LogP contribution in [0.25, 0.3) is 10.8 Å². The summed E-state index contributed by atoms with van der Waals surface area (Å²) in [4.78, 5) is 13.8. The van der Waals surface area contributed by atoms with Gasteiger partial charge in [-0.25, -0.2) is 0 Å². The summed E-state index contributed by atoms with van der Waals surface area (Å²) in [6, 6.07) is 17.6. The van der Waals surface area contributed by atoms with Gasteiger partial charge in [-0.2, -0.15) is 0 Å². The van der Waals surface area contributed by atoms with Gasteiger partial charge in [-0.1, -0.05) is 30.3 Å². The summed E-state index contributed by atoms with van der Waals surface area (Å²) in [5.74, 6) is 2.17. The number of hydrogen-bond acceptors (Lipinski definition) is 5. The maximum absolute atomic E-state index is 13.8. The third kappa shape index (κ3) is 3.47. The van der Waals surface area contributed by atoms with Crippen LogP contribution in [-0.2, 0) is 14.9 Å².